The summed E-state index contributed by atoms with van der Waals surface area (Å²) >= 11 is 0. The maximum absolute atomic E-state index is 13.5. The molecular formula is C27H31F5N4O2. The number of benzene rings is 2. The van der Waals surface area contributed by atoms with Crippen LogP contribution in [0.4, 0.5) is 27.6 Å². The molecule has 0 aromatic heterocycles. The van der Waals surface area contributed by atoms with Gasteiger partial charge >= 0.3 is 6.18 Å². The van der Waals surface area contributed by atoms with Gasteiger partial charge in [0.2, 0.25) is 11.8 Å². The molecule has 1 aliphatic heterocycles. The fourth-order valence-corrected chi connectivity index (χ4v) is 4.70. The third-order valence-electron chi connectivity index (χ3n) is 6.99. The van der Waals surface area contributed by atoms with Gasteiger partial charge in [-0.3, -0.25) is 9.59 Å². The molecule has 1 N–H and O–H groups in total. The summed E-state index contributed by atoms with van der Waals surface area (Å²) in [4.78, 5) is 30.3. The molecule has 1 unspecified atom stereocenters. The number of hydrogen-bond acceptors (Lipinski definition) is 4. The van der Waals surface area contributed by atoms with Crippen molar-refractivity contribution in [3.05, 3.63) is 64.7 Å². The number of likely N-dealkylation sites (N-methyl/N-ethyl adjacent to an activating group) is 1. The minimum atomic E-state index is -4.53. The maximum atomic E-state index is 13.5. The highest BCUT2D eigenvalue weighted by Crippen LogP contribution is 2.50. The van der Waals surface area contributed by atoms with E-state index in [9.17, 15) is 31.5 Å². The summed E-state index contributed by atoms with van der Waals surface area (Å²) in [5.41, 5.74) is 1.65. The molecule has 1 heterocycles. The first kappa shape index (κ1) is 27.8. The molecule has 2 aliphatic rings. The number of halogens is 5. The Morgan fingerprint density at radius 1 is 1.08 bits per heavy atom. The van der Waals surface area contributed by atoms with Crippen molar-refractivity contribution in [2.24, 2.45) is 5.92 Å². The Balaban J connectivity index is 1.44. The highest BCUT2D eigenvalue weighted by Gasteiger charge is 2.62. The number of alkyl halides is 5. The van der Waals surface area contributed by atoms with E-state index >= 15 is 0 Å². The van der Waals surface area contributed by atoms with Crippen molar-refractivity contribution in [3.8, 4) is 0 Å². The number of carbonyl (C=O) groups excluding carboxylic acids is 2. The number of nitrogens with one attached hydrogen (secondary N) is 1. The summed E-state index contributed by atoms with van der Waals surface area (Å²) in [5, 5.41) is 3.11. The topological polar surface area (TPSA) is 55.9 Å². The van der Waals surface area contributed by atoms with Crippen LogP contribution in [0.1, 0.15) is 28.7 Å². The third-order valence-corrected chi connectivity index (χ3v) is 6.99. The molecule has 206 valence electrons. The van der Waals surface area contributed by atoms with Crippen LogP contribution in [0.15, 0.2) is 42.5 Å². The fourth-order valence-electron chi connectivity index (χ4n) is 4.70. The van der Waals surface area contributed by atoms with Gasteiger partial charge in [-0.15, -0.1) is 0 Å². The highest BCUT2D eigenvalue weighted by atomic mass is 19.4. The number of anilines is 1. The van der Waals surface area contributed by atoms with Crippen molar-refractivity contribution >= 4 is 17.5 Å². The average molecular weight is 539 g/mol. The number of fused-ring (bicyclic) bond motifs is 1. The number of amides is 2. The lowest BCUT2D eigenvalue weighted by Crippen LogP contribution is -2.40. The summed E-state index contributed by atoms with van der Waals surface area (Å²) < 4.78 is 67.3. The van der Waals surface area contributed by atoms with E-state index < -0.39 is 35.9 Å². The summed E-state index contributed by atoms with van der Waals surface area (Å²) in [6.45, 7) is 0.927. The first-order valence-corrected chi connectivity index (χ1v) is 12.5. The molecule has 0 bridgehead atoms. The van der Waals surface area contributed by atoms with Crippen molar-refractivity contribution in [3.63, 3.8) is 0 Å². The minimum absolute atomic E-state index is 0.0233. The summed E-state index contributed by atoms with van der Waals surface area (Å²) in [6, 6.07) is 10.6. The van der Waals surface area contributed by atoms with E-state index in [1.807, 2.05) is 25.1 Å². The molecule has 2 aromatic carbocycles. The van der Waals surface area contributed by atoms with Crippen molar-refractivity contribution in [2.45, 2.75) is 38.0 Å². The number of carbonyl (C=O) groups is 2. The standard InChI is InChI=1S/C27H31F5N4O2/c1-34(2)12-13-35(17-19-6-3-4-8-21(19)27(30,31)32)24(37)15-33-23-9-5-7-18-16-36(11-10-20(18)23)25(38)22-14-26(22,28)29/h3-9,22,33H,10-17H2,1-2H3. The highest BCUT2D eigenvalue weighted by molar-refractivity contribution is 5.84. The van der Waals surface area contributed by atoms with Crippen LogP contribution >= 0.6 is 0 Å². The largest absolute Gasteiger partial charge is 0.416 e. The SMILES string of the molecule is CN(C)CCN(Cc1ccccc1C(F)(F)F)C(=O)CNc1cccc2c1CCN(C(=O)C1CC1(F)F)C2. The van der Waals surface area contributed by atoms with Crippen LogP contribution in [-0.2, 0) is 35.3 Å². The van der Waals surface area contributed by atoms with Crippen molar-refractivity contribution in [1.29, 1.82) is 0 Å². The molecule has 11 heteroatoms. The van der Waals surface area contributed by atoms with Crippen LogP contribution in [-0.4, -0.2) is 72.7 Å². The zero-order valence-corrected chi connectivity index (χ0v) is 21.3. The zero-order chi connectivity index (χ0) is 27.7. The molecule has 1 saturated carbocycles. The molecule has 0 saturated heterocycles. The molecule has 2 aromatic rings. The Morgan fingerprint density at radius 3 is 2.45 bits per heavy atom. The molecule has 1 aliphatic carbocycles. The van der Waals surface area contributed by atoms with Gasteiger partial charge in [0.05, 0.1) is 12.1 Å². The van der Waals surface area contributed by atoms with E-state index in [-0.39, 0.29) is 37.6 Å². The van der Waals surface area contributed by atoms with Crippen LogP contribution in [0.3, 0.4) is 0 Å². The lowest BCUT2D eigenvalue weighted by Gasteiger charge is -2.31. The number of rotatable bonds is 9. The molecule has 0 radical (unpaired) electrons. The van der Waals surface area contributed by atoms with E-state index in [0.29, 0.717) is 25.2 Å². The first-order chi connectivity index (χ1) is 17.9. The quantitative estimate of drug-likeness (QED) is 0.486. The molecule has 38 heavy (non-hydrogen) atoms. The summed E-state index contributed by atoms with van der Waals surface area (Å²) in [6.07, 6.45) is -4.49. The predicted molar refractivity (Wildman–Crippen MR) is 133 cm³/mol. The molecular weight excluding hydrogens is 507 g/mol. The van der Waals surface area contributed by atoms with Gasteiger partial charge < -0.3 is 20.0 Å². The molecule has 1 atom stereocenters. The van der Waals surface area contributed by atoms with Crippen molar-refractivity contribution in [1.82, 2.24) is 14.7 Å². The second-order valence-electron chi connectivity index (χ2n) is 10.1. The number of nitrogens with zero attached hydrogens (tertiary/aromatic N) is 3. The predicted octanol–water partition coefficient (Wildman–Crippen LogP) is 4.25. The monoisotopic (exact) mass is 538 g/mol. The van der Waals surface area contributed by atoms with Gasteiger partial charge in [-0.1, -0.05) is 30.3 Å². The van der Waals surface area contributed by atoms with Gasteiger partial charge in [0.15, 0.2) is 0 Å². The van der Waals surface area contributed by atoms with Crippen LogP contribution in [0.2, 0.25) is 0 Å². The Kier molecular flexibility index (Phi) is 7.96. The van der Waals surface area contributed by atoms with Gasteiger partial charge in [0, 0.05) is 44.8 Å². The van der Waals surface area contributed by atoms with Crippen LogP contribution < -0.4 is 5.32 Å². The molecule has 2 amide bonds. The molecule has 4 rings (SSSR count). The second kappa shape index (κ2) is 10.9. The summed E-state index contributed by atoms with van der Waals surface area (Å²) in [5.74, 6) is -5.05. The smallest absolute Gasteiger partial charge is 0.376 e. The van der Waals surface area contributed by atoms with Gasteiger partial charge in [-0.25, -0.2) is 8.78 Å². The minimum Gasteiger partial charge on any atom is -0.376 e. The average Bonchev–Trinajstić information content (AvgIpc) is 3.51. The van der Waals surface area contributed by atoms with E-state index in [0.717, 1.165) is 17.2 Å². The fraction of sp³-hybridized carbons (Fsp3) is 0.481. The maximum Gasteiger partial charge on any atom is 0.416 e. The third kappa shape index (κ3) is 6.43. The zero-order valence-electron chi connectivity index (χ0n) is 21.3. The van der Waals surface area contributed by atoms with E-state index in [4.69, 9.17) is 0 Å². The molecule has 6 nitrogen and oxygen atoms in total. The summed E-state index contributed by atoms with van der Waals surface area (Å²) in [7, 11) is 3.64. The number of hydrogen-bond donors (Lipinski definition) is 1. The van der Waals surface area contributed by atoms with Crippen molar-refractivity contribution in [2.75, 3.05) is 45.6 Å². The molecule has 1 fully saturated rings. The van der Waals surface area contributed by atoms with Gasteiger partial charge in [0.25, 0.3) is 5.92 Å². The van der Waals surface area contributed by atoms with E-state index in [2.05, 4.69) is 5.32 Å². The lowest BCUT2D eigenvalue weighted by molar-refractivity contribution is -0.139. The van der Waals surface area contributed by atoms with E-state index in [1.165, 1.54) is 28.0 Å². The van der Waals surface area contributed by atoms with Crippen molar-refractivity contribution < 1.29 is 31.5 Å². The van der Waals surface area contributed by atoms with Crippen LogP contribution in [0.5, 0.6) is 0 Å². The van der Waals surface area contributed by atoms with E-state index in [1.54, 1.807) is 12.1 Å². The lowest BCUT2D eigenvalue weighted by atomic mass is 9.97. The van der Waals surface area contributed by atoms with Gasteiger partial charge in [0.1, 0.15) is 5.92 Å². The Hall–Kier alpha value is -3.21. The first-order valence-electron chi connectivity index (χ1n) is 12.5. The molecule has 0 spiro atoms. The normalized spacial score (nSPS) is 18.2. The van der Waals surface area contributed by atoms with Crippen LogP contribution in [0.25, 0.3) is 0 Å². The van der Waals surface area contributed by atoms with Gasteiger partial charge in [-0.05, 0) is 49.3 Å². The van der Waals surface area contributed by atoms with Gasteiger partial charge in [-0.2, -0.15) is 13.2 Å². The second-order valence-corrected chi connectivity index (χ2v) is 10.1. The van der Waals surface area contributed by atoms with Crippen LogP contribution in [0, 0.1) is 5.92 Å². The Morgan fingerprint density at radius 2 is 1.79 bits per heavy atom. The Bertz CT molecular complexity index is 1180. The Labute approximate surface area is 218 Å².